The molecular weight excluding hydrogens is 366 g/mol. The zero-order chi connectivity index (χ0) is 19.4. The molecule has 0 N–H and O–H groups in total. The monoisotopic (exact) mass is 387 g/mol. The molecule has 0 bridgehead atoms. The van der Waals surface area contributed by atoms with E-state index in [4.69, 9.17) is 0 Å². The van der Waals surface area contributed by atoms with Gasteiger partial charge in [-0.3, -0.25) is 4.90 Å². The highest BCUT2D eigenvalue weighted by Gasteiger charge is 2.32. The van der Waals surface area contributed by atoms with E-state index >= 15 is 0 Å². The van der Waals surface area contributed by atoms with Crippen LogP contribution in [0.1, 0.15) is 16.9 Å². The van der Waals surface area contributed by atoms with Crippen molar-refractivity contribution in [2.45, 2.75) is 12.0 Å². The summed E-state index contributed by atoms with van der Waals surface area (Å²) in [5, 5.41) is 2.38. The van der Waals surface area contributed by atoms with E-state index in [1.54, 1.807) is 12.1 Å². The predicted molar refractivity (Wildman–Crippen MR) is 107 cm³/mol. The normalized spacial score (nSPS) is 13.1. The van der Waals surface area contributed by atoms with Crippen molar-refractivity contribution in [1.29, 1.82) is 0 Å². The van der Waals surface area contributed by atoms with Gasteiger partial charge in [-0.1, -0.05) is 72.8 Å². The highest BCUT2D eigenvalue weighted by atomic mass is 31.1. The molecule has 0 heterocycles. The van der Waals surface area contributed by atoms with E-state index in [0.717, 1.165) is 5.56 Å². The van der Waals surface area contributed by atoms with E-state index in [1.807, 2.05) is 50.5 Å². The molecule has 0 spiro atoms. The van der Waals surface area contributed by atoms with Crippen molar-refractivity contribution in [3.05, 3.63) is 96.1 Å². The van der Waals surface area contributed by atoms with Crippen LogP contribution in [-0.4, -0.2) is 19.0 Å². The molecule has 0 saturated heterocycles. The molecule has 0 fully saturated rings. The van der Waals surface area contributed by atoms with Crippen LogP contribution in [0, 0.1) is 0 Å². The average molecular weight is 387 g/mol. The third kappa shape index (κ3) is 4.58. The van der Waals surface area contributed by atoms with Gasteiger partial charge < -0.3 is 0 Å². The van der Waals surface area contributed by atoms with Gasteiger partial charge in [-0.2, -0.15) is 13.2 Å². The molecule has 3 rings (SSSR count). The molecule has 0 aromatic heterocycles. The fourth-order valence-electron chi connectivity index (χ4n) is 3.13. The molecular formula is C22H21F3NP. The molecule has 27 heavy (non-hydrogen) atoms. The second-order valence-electron chi connectivity index (χ2n) is 6.50. The minimum absolute atomic E-state index is 0.0351. The molecule has 0 aliphatic carbocycles. The zero-order valence-electron chi connectivity index (χ0n) is 15.2. The molecule has 0 aliphatic rings. The van der Waals surface area contributed by atoms with E-state index in [9.17, 15) is 13.2 Å². The number of halogens is 3. The Morgan fingerprint density at radius 2 is 1.15 bits per heavy atom. The number of hydrogen-bond acceptors (Lipinski definition) is 1. The van der Waals surface area contributed by atoms with Crippen LogP contribution >= 0.6 is 7.92 Å². The quantitative estimate of drug-likeness (QED) is 0.530. The molecule has 1 nitrogen and oxygen atoms in total. The van der Waals surface area contributed by atoms with Gasteiger partial charge in [-0.25, -0.2) is 0 Å². The fourth-order valence-corrected chi connectivity index (χ4v) is 5.91. The van der Waals surface area contributed by atoms with Gasteiger partial charge in [-0.15, -0.1) is 0 Å². The molecule has 0 radical (unpaired) electrons. The first-order valence-electron chi connectivity index (χ1n) is 8.61. The lowest BCUT2D eigenvalue weighted by Gasteiger charge is -2.34. The summed E-state index contributed by atoms with van der Waals surface area (Å²) in [5.41, 5.74) is 0.263. The second-order valence-corrected chi connectivity index (χ2v) is 8.76. The Balaban J connectivity index is 2.09. The Labute approximate surface area is 159 Å². The van der Waals surface area contributed by atoms with E-state index in [0.29, 0.717) is 0 Å². The highest BCUT2D eigenvalue weighted by Crippen LogP contribution is 2.50. The Morgan fingerprint density at radius 3 is 1.52 bits per heavy atom. The topological polar surface area (TPSA) is 3.24 Å². The third-order valence-corrected chi connectivity index (χ3v) is 7.30. The van der Waals surface area contributed by atoms with E-state index in [1.165, 1.54) is 22.7 Å². The molecule has 140 valence electrons. The van der Waals surface area contributed by atoms with E-state index in [-0.39, 0.29) is 5.78 Å². The Kier molecular flexibility index (Phi) is 5.98. The minimum atomic E-state index is -4.32. The minimum Gasteiger partial charge on any atom is -0.298 e. The Hall–Kier alpha value is -2.16. The maximum Gasteiger partial charge on any atom is 0.416 e. The number of hydrogen-bond donors (Lipinski definition) is 0. The SMILES string of the molecule is CN(C)C(c1ccc(C(F)(F)F)cc1)P(c1ccccc1)c1ccccc1. The largest absolute Gasteiger partial charge is 0.416 e. The number of rotatable bonds is 5. The number of alkyl halides is 3. The van der Waals surface area contributed by atoms with E-state index < -0.39 is 19.7 Å². The first-order chi connectivity index (χ1) is 12.9. The van der Waals surface area contributed by atoms with Gasteiger partial charge in [0.1, 0.15) is 0 Å². The van der Waals surface area contributed by atoms with Crippen molar-refractivity contribution in [2.24, 2.45) is 0 Å². The summed E-state index contributed by atoms with van der Waals surface area (Å²) in [5.74, 6) is -0.0351. The fraction of sp³-hybridized carbons (Fsp3) is 0.182. The molecule has 3 aromatic rings. The lowest BCUT2D eigenvalue weighted by atomic mass is 10.1. The van der Waals surface area contributed by atoms with Gasteiger partial charge in [-0.05, 0) is 50.3 Å². The number of benzene rings is 3. The van der Waals surface area contributed by atoms with Crippen LogP contribution in [0.3, 0.4) is 0 Å². The van der Waals surface area contributed by atoms with Crippen molar-refractivity contribution in [3.63, 3.8) is 0 Å². The van der Waals surface area contributed by atoms with Gasteiger partial charge in [0.05, 0.1) is 11.3 Å². The summed E-state index contributed by atoms with van der Waals surface area (Å²) >= 11 is 0. The summed E-state index contributed by atoms with van der Waals surface area (Å²) in [7, 11) is 3.13. The van der Waals surface area contributed by atoms with Crippen LogP contribution in [0.2, 0.25) is 0 Å². The molecule has 0 saturated carbocycles. The van der Waals surface area contributed by atoms with Gasteiger partial charge >= 0.3 is 6.18 Å². The van der Waals surface area contributed by atoms with Crippen LogP contribution in [0.15, 0.2) is 84.9 Å². The van der Waals surface area contributed by atoms with Crippen LogP contribution in [0.4, 0.5) is 13.2 Å². The second kappa shape index (κ2) is 8.24. The van der Waals surface area contributed by atoms with Gasteiger partial charge in [0, 0.05) is 0 Å². The van der Waals surface area contributed by atoms with Crippen LogP contribution in [0.25, 0.3) is 0 Å². The maximum absolute atomic E-state index is 13.0. The third-order valence-electron chi connectivity index (χ3n) is 4.34. The van der Waals surface area contributed by atoms with Crippen molar-refractivity contribution in [3.8, 4) is 0 Å². The summed E-state index contributed by atoms with van der Waals surface area (Å²) < 4.78 is 38.9. The molecule has 0 amide bonds. The highest BCUT2D eigenvalue weighted by molar-refractivity contribution is 7.73. The summed E-state index contributed by atoms with van der Waals surface area (Å²) in [6.45, 7) is 0. The van der Waals surface area contributed by atoms with E-state index in [2.05, 4.69) is 29.2 Å². The Bertz CT molecular complexity index is 807. The number of nitrogens with zero attached hydrogens (tertiary/aromatic N) is 1. The first kappa shape index (κ1) is 19.6. The van der Waals surface area contributed by atoms with Crippen molar-refractivity contribution >= 4 is 18.5 Å². The average Bonchev–Trinajstić information content (AvgIpc) is 2.66. The molecule has 5 heteroatoms. The summed E-state index contributed by atoms with van der Waals surface area (Å²) in [6, 6.07) is 25.9. The van der Waals surface area contributed by atoms with Crippen LogP contribution in [-0.2, 0) is 6.18 Å². The standard InChI is InChI=1S/C22H21F3NP/c1-26(2)21(17-13-15-18(16-14-17)22(23,24)25)27(19-9-5-3-6-10-19)20-11-7-4-8-12-20/h3-16,21H,1-2H3. The van der Waals surface area contributed by atoms with Crippen molar-refractivity contribution in [1.82, 2.24) is 4.90 Å². The Morgan fingerprint density at radius 1 is 0.704 bits per heavy atom. The maximum atomic E-state index is 13.0. The molecule has 3 aromatic carbocycles. The van der Waals surface area contributed by atoms with Gasteiger partial charge in [0.25, 0.3) is 0 Å². The molecule has 1 unspecified atom stereocenters. The van der Waals surface area contributed by atoms with Gasteiger partial charge in [0.2, 0.25) is 0 Å². The van der Waals surface area contributed by atoms with Gasteiger partial charge in [0.15, 0.2) is 0 Å². The predicted octanol–water partition coefficient (Wildman–Crippen LogP) is 5.40. The van der Waals surface area contributed by atoms with Crippen molar-refractivity contribution in [2.75, 3.05) is 14.1 Å². The molecule has 1 atom stereocenters. The first-order valence-corrected chi connectivity index (χ1v) is 10.0. The smallest absolute Gasteiger partial charge is 0.298 e. The lowest BCUT2D eigenvalue weighted by Crippen LogP contribution is -2.27. The summed E-state index contributed by atoms with van der Waals surface area (Å²) in [4.78, 5) is 2.09. The van der Waals surface area contributed by atoms with Crippen LogP contribution < -0.4 is 10.6 Å². The summed E-state index contributed by atoms with van der Waals surface area (Å²) in [6.07, 6.45) is -4.32. The molecule has 0 aliphatic heterocycles. The zero-order valence-corrected chi connectivity index (χ0v) is 16.1. The van der Waals surface area contributed by atoms with Crippen molar-refractivity contribution < 1.29 is 13.2 Å². The van der Waals surface area contributed by atoms with Crippen LogP contribution in [0.5, 0.6) is 0 Å². The lowest BCUT2D eigenvalue weighted by molar-refractivity contribution is -0.137.